The zero-order valence-corrected chi connectivity index (χ0v) is 11.2. The topological polar surface area (TPSA) is 37.3 Å². The summed E-state index contributed by atoms with van der Waals surface area (Å²) in [6, 6.07) is 0. The van der Waals surface area contributed by atoms with Crippen LogP contribution < -0.4 is 0 Å². The summed E-state index contributed by atoms with van der Waals surface area (Å²) in [5, 5.41) is 10.2. The van der Waals surface area contributed by atoms with Gasteiger partial charge in [0.15, 0.2) is 5.78 Å². The highest BCUT2D eigenvalue weighted by atomic mass is 16.3. The zero-order valence-electron chi connectivity index (χ0n) is 11.2. The van der Waals surface area contributed by atoms with Gasteiger partial charge in [0.25, 0.3) is 0 Å². The number of fused-ring (bicyclic) bond motifs is 1. The first-order chi connectivity index (χ1) is 7.71. The molecule has 2 heteroatoms. The largest absolute Gasteiger partial charge is 0.393 e. The molecule has 2 nitrogen and oxygen atoms in total. The van der Waals surface area contributed by atoms with E-state index < -0.39 is 6.10 Å². The molecule has 2 rings (SSSR count). The van der Waals surface area contributed by atoms with Crippen molar-refractivity contribution in [1.29, 1.82) is 0 Å². The predicted molar refractivity (Wildman–Crippen MR) is 68.5 cm³/mol. The number of ketones is 1. The van der Waals surface area contributed by atoms with Crippen molar-refractivity contribution in [2.45, 2.75) is 46.6 Å². The van der Waals surface area contributed by atoms with E-state index in [0.29, 0.717) is 0 Å². The Morgan fingerprint density at radius 3 is 2.59 bits per heavy atom. The summed E-state index contributed by atoms with van der Waals surface area (Å²) in [5.74, 6) is 0.0103. The summed E-state index contributed by atoms with van der Waals surface area (Å²) in [4.78, 5) is 12.3. The van der Waals surface area contributed by atoms with Gasteiger partial charge in [0.05, 0.1) is 6.10 Å². The normalized spacial score (nSPS) is 40.9. The Labute approximate surface area is 103 Å². The molecule has 1 fully saturated rings. The maximum absolute atomic E-state index is 12.3. The molecule has 2 aliphatic carbocycles. The van der Waals surface area contributed by atoms with Crippen LogP contribution in [0.25, 0.3) is 0 Å². The molecular formula is C15H22O2. The Balaban J connectivity index is 2.57. The third kappa shape index (κ3) is 1.54. The summed E-state index contributed by atoms with van der Waals surface area (Å²) < 4.78 is 0. The molecule has 17 heavy (non-hydrogen) atoms. The molecule has 0 aromatic rings. The summed E-state index contributed by atoms with van der Waals surface area (Å²) in [6.45, 7) is 12.3. The molecule has 0 aliphatic heterocycles. The smallest absolute Gasteiger partial charge is 0.160 e. The van der Waals surface area contributed by atoms with Crippen LogP contribution in [0.1, 0.15) is 40.5 Å². The summed E-state index contributed by atoms with van der Waals surface area (Å²) in [5.41, 5.74) is 1.52. The maximum Gasteiger partial charge on any atom is 0.160 e. The minimum absolute atomic E-state index is 0.144. The highest BCUT2D eigenvalue weighted by Gasteiger charge is 2.56. The fourth-order valence-electron chi connectivity index (χ4n) is 3.81. The van der Waals surface area contributed by atoms with E-state index in [1.165, 1.54) is 0 Å². The summed E-state index contributed by atoms with van der Waals surface area (Å²) >= 11 is 0. The third-order valence-electron chi connectivity index (χ3n) is 4.99. The van der Waals surface area contributed by atoms with Gasteiger partial charge < -0.3 is 5.11 Å². The van der Waals surface area contributed by atoms with Crippen LogP contribution in [-0.4, -0.2) is 17.0 Å². The molecule has 0 radical (unpaired) electrons. The van der Waals surface area contributed by atoms with Crippen LogP contribution >= 0.6 is 0 Å². The van der Waals surface area contributed by atoms with Gasteiger partial charge in [-0.25, -0.2) is 0 Å². The molecule has 1 saturated carbocycles. The van der Waals surface area contributed by atoms with Gasteiger partial charge in [0.2, 0.25) is 0 Å². The van der Waals surface area contributed by atoms with Gasteiger partial charge in [0, 0.05) is 16.7 Å². The van der Waals surface area contributed by atoms with E-state index >= 15 is 0 Å². The first-order valence-corrected chi connectivity index (χ1v) is 6.31. The molecule has 0 saturated heterocycles. The van der Waals surface area contributed by atoms with E-state index in [1.54, 1.807) is 6.08 Å². The van der Waals surface area contributed by atoms with Crippen molar-refractivity contribution in [3.8, 4) is 0 Å². The minimum atomic E-state index is -0.399. The molecule has 3 atom stereocenters. The molecule has 0 amide bonds. The molecule has 0 aromatic carbocycles. The number of hydrogen-bond acceptors (Lipinski definition) is 2. The standard InChI is InChI=1S/C15H22O2/c1-9-8-11(16)13-14(3,4)12(17)6-7-15(13,5)10(9)2/h8,12-13,17H,2,6-7H2,1,3-5H3/t12-,13-,15+/m1/s1. The second-order valence-electron chi connectivity index (χ2n) is 6.43. The monoisotopic (exact) mass is 234 g/mol. The molecule has 1 N–H and O–H groups in total. The highest BCUT2D eigenvalue weighted by molar-refractivity contribution is 5.96. The fraction of sp³-hybridized carbons (Fsp3) is 0.667. The summed E-state index contributed by atoms with van der Waals surface area (Å²) in [6.07, 6.45) is 2.90. The van der Waals surface area contributed by atoms with Gasteiger partial charge >= 0.3 is 0 Å². The van der Waals surface area contributed by atoms with Crippen LogP contribution in [0.15, 0.2) is 23.8 Å². The Bertz CT molecular complexity index is 417. The van der Waals surface area contributed by atoms with E-state index in [9.17, 15) is 9.90 Å². The van der Waals surface area contributed by atoms with Crippen molar-refractivity contribution in [3.05, 3.63) is 23.8 Å². The average Bonchev–Trinajstić information content (AvgIpc) is 2.21. The first kappa shape index (κ1) is 12.6. The van der Waals surface area contributed by atoms with Gasteiger partial charge in [-0.3, -0.25) is 4.79 Å². The van der Waals surface area contributed by atoms with Crippen LogP contribution in [-0.2, 0) is 4.79 Å². The number of carbonyl (C=O) groups excluding carboxylic acids is 1. The molecule has 0 unspecified atom stereocenters. The van der Waals surface area contributed by atoms with Crippen molar-refractivity contribution in [1.82, 2.24) is 0 Å². The molecule has 94 valence electrons. The van der Waals surface area contributed by atoms with Crippen molar-refractivity contribution in [3.63, 3.8) is 0 Å². The van der Waals surface area contributed by atoms with Crippen LogP contribution in [0.3, 0.4) is 0 Å². The first-order valence-electron chi connectivity index (χ1n) is 6.31. The Morgan fingerprint density at radius 1 is 1.41 bits per heavy atom. The van der Waals surface area contributed by atoms with Gasteiger partial charge in [-0.05, 0) is 37.0 Å². The van der Waals surface area contributed by atoms with E-state index in [1.807, 2.05) is 20.8 Å². The van der Waals surface area contributed by atoms with Crippen molar-refractivity contribution >= 4 is 5.78 Å². The third-order valence-corrected chi connectivity index (χ3v) is 4.99. The van der Waals surface area contributed by atoms with Crippen molar-refractivity contribution in [2.75, 3.05) is 0 Å². The lowest BCUT2D eigenvalue weighted by Crippen LogP contribution is -2.54. The number of hydrogen-bond donors (Lipinski definition) is 1. The van der Waals surface area contributed by atoms with Gasteiger partial charge in [-0.15, -0.1) is 0 Å². The molecular weight excluding hydrogens is 212 g/mol. The van der Waals surface area contributed by atoms with Gasteiger partial charge in [-0.2, -0.15) is 0 Å². The number of rotatable bonds is 0. The van der Waals surface area contributed by atoms with E-state index in [2.05, 4.69) is 13.5 Å². The van der Waals surface area contributed by atoms with Crippen LogP contribution in [0.4, 0.5) is 0 Å². The van der Waals surface area contributed by atoms with Crippen molar-refractivity contribution < 1.29 is 9.90 Å². The number of aliphatic hydroxyl groups is 1. The van der Waals surface area contributed by atoms with E-state index in [0.717, 1.165) is 24.0 Å². The van der Waals surface area contributed by atoms with Gasteiger partial charge in [0.1, 0.15) is 0 Å². The minimum Gasteiger partial charge on any atom is -0.393 e. The van der Waals surface area contributed by atoms with Crippen LogP contribution in [0.5, 0.6) is 0 Å². The molecule has 2 aliphatic rings. The van der Waals surface area contributed by atoms with Gasteiger partial charge in [-0.1, -0.05) is 27.4 Å². The Hall–Kier alpha value is -0.890. The molecule has 0 spiro atoms. The lowest BCUT2D eigenvalue weighted by molar-refractivity contribution is -0.140. The molecule has 0 bridgehead atoms. The van der Waals surface area contributed by atoms with Crippen LogP contribution in [0, 0.1) is 16.7 Å². The Kier molecular flexibility index (Phi) is 2.62. The number of carbonyl (C=O) groups is 1. The quantitative estimate of drug-likeness (QED) is 0.699. The number of allylic oxidation sites excluding steroid dienone is 3. The highest BCUT2D eigenvalue weighted by Crippen LogP contribution is 2.57. The fourth-order valence-corrected chi connectivity index (χ4v) is 3.81. The average molecular weight is 234 g/mol. The molecule has 0 heterocycles. The lowest BCUT2D eigenvalue weighted by atomic mass is 9.49. The second-order valence-corrected chi connectivity index (χ2v) is 6.43. The SMILES string of the molecule is C=C1C(C)=CC(=O)[C@@H]2C(C)(C)[C@H](O)CC[C@@]12C. The Morgan fingerprint density at radius 2 is 2.00 bits per heavy atom. The predicted octanol–water partition coefficient (Wildman–Crippen LogP) is 2.88. The maximum atomic E-state index is 12.3. The zero-order chi connectivity index (χ0) is 13.0. The summed E-state index contributed by atoms with van der Waals surface area (Å²) in [7, 11) is 0. The van der Waals surface area contributed by atoms with E-state index in [-0.39, 0.29) is 22.5 Å². The lowest BCUT2D eigenvalue weighted by Gasteiger charge is -2.54. The molecule has 0 aromatic heterocycles. The number of aliphatic hydroxyl groups excluding tert-OH is 1. The van der Waals surface area contributed by atoms with Crippen LogP contribution in [0.2, 0.25) is 0 Å². The second kappa shape index (κ2) is 3.55. The van der Waals surface area contributed by atoms with E-state index in [4.69, 9.17) is 0 Å². The van der Waals surface area contributed by atoms with Crippen molar-refractivity contribution in [2.24, 2.45) is 16.7 Å².